The molecular formula is C26H29NO3. The van der Waals surface area contributed by atoms with Crippen molar-refractivity contribution in [3.05, 3.63) is 71.3 Å². The van der Waals surface area contributed by atoms with Crippen molar-refractivity contribution >= 4 is 6.09 Å². The van der Waals surface area contributed by atoms with Gasteiger partial charge in [-0.2, -0.15) is 0 Å². The molecule has 2 bridgehead atoms. The number of carbonyl (C=O) groups is 1. The molecule has 0 radical (unpaired) electrons. The van der Waals surface area contributed by atoms with Gasteiger partial charge in [0.25, 0.3) is 0 Å². The van der Waals surface area contributed by atoms with Gasteiger partial charge in [0.15, 0.2) is 0 Å². The van der Waals surface area contributed by atoms with Crippen LogP contribution in [-0.2, 0) is 4.74 Å². The minimum Gasteiger partial charge on any atom is -0.448 e. The molecule has 2 fully saturated rings. The number of piperidine rings is 1. The number of nitrogens with zero attached hydrogens (tertiary/aromatic N) is 1. The fourth-order valence-electron chi connectivity index (χ4n) is 5.78. The molecule has 1 amide bonds. The van der Waals surface area contributed by atoms with Crippen LogP contribution in [-0.4, -0.2) is 40.4 Å². The summed E-state index contributed by atoms with van der Waals surface area (Å²) in [7, 11) is 0. The standard InChI is InChI=1S/C26H29NO3/c1-3-17(2)26(29)14-18-12-13-19(15-26)27(18)25(28)30-16-24-22-10-6-4-8-20(22)21-9-5-7-11-23(21)24/h3-11,18-19,24,29H,12-16H2,1-2H3. The summed E-state index contributed by atoms with van der Waals surface area (Å²) in [6.45, 7) is 4.30. The van der Waals surface area contributed by atoms with Crippen molar-refractivity contribution in [2.45, 2.75) is 63.1 Å². The lowest BCUT2D eigenvalue weighted by Gasteiger charge is -2.43. The van der Waals surface area contributed by atoms with Gasteiger partial charge in [0.2, 0.25) is 0 Å². The second-order valence-electron chi connectivity index (χ2n) is 9.01. The smallest absolute Gasteiger partial charge is 0.410 e. The third-order valence-electron chi connectivity index (χ3n) is 7.48. The molecule has 2 unspecified atom stereocenters. The molecule has 5 rings (SSSR count). The summed E-state index contributed by atoms with van der Waals surface area (Å²) in [5.74, 6) is 0.0750. The normalized spacial score (nSPS) is 27.7. The predicted molar refractivity (Wildman–Crippen MR) is 117 cm³/mol. The van der Waals surface area contributed by atoms with Crippen LogP contribution in [0.15, 0.2) is 60.2 Å². The van der Waals surface area contributed by atoms with Gasteiger partial charge in [-0.1, -0.05) is 54.6 Å². The highest BCUT2D eigenvalue weighted by Gasteiger charge is 2.50. The Labute approximate surface area is 178 Å². The molecule has 1 N–H and O–H groups in total. The molecule has 2 aromatic rings. The van der Waals surface area contributed by atoms with Crippen molar-refractivity contribution in [1.82, 2.24) is 4.90 Å². The third-order valence-corrected chi connectivity index (χ3v) is 7.48. The van der Waals surface area contributed by atoms with E-state index < -0.39 is 5.60 Å². The number of allylic oxidation sites excluding steroid dienone is 1. The Kier molecular flexibility index (Phi) is 4.70. The van der Waals surface area contributed by atoms with Crippen LogP contribution < -0.4 is 0 Å². The molecule has 2 saturated heterocycles. The Morgan fingerprint density at radius 3 is 2.13 bits per heavy atom. The molecule has 2 aliphatic heterocycles. The van der Waals surface area contributed by atoms with Crippen LogP contribution in [0.4, 0.5) is 4.79 Å². The van der Waals surface area contributed by atoms with Crippen LogP contribution in [0.25, 0.3) is 11.1 Å². The number of aliphatic hydroxyl groups is 1. The average molecular weight is 404 g/mol. The zero-order valence-electron chi connectivity index (χ0n) is 17.7. The van der Waals surface area contributed by atoms with Crippen LogP contribution in [0.2, 0.25) is 0 Å². The van der Waals surface area contributed by atoms with E-state index in [1.165, 1.54) is 22.3 Å². The number of hydrogen-bond acceptors (Lipinski definition) is 3. The largest absolute Gasteiger partial charge is 0.448 e. The summed E-state index contributed by atoms with van der Waals surface area (Å²) in [5, 5.41) is 11.1. The maximum Gasteiger partial charge on any atom is 0.410 e. The highest BCUT2D eigenvalue weighted by molar-refractivity contribution is 5.79. The van der Waals surface area contributed by atoms with Gasteiger partial charge in [0, 0.05) is 30.8 Å². The minimum atomic E-state index is -0.791. The lowest BCUT2D eigenvalue weighted by atomic mass is 9.81. The first-order chi connectivity index (χ1) is 14.5. The van der Waals surface area contributed by atoms with Gasteiger partial charge in [0.1, 0.15) is 6.61 Å². The molecule has 156 valence electrons. The summed E-state index contributed by atoms with van der Waals surface area (Å²) in [6.07, 6.45) is 4.84. The number of fused-ring (bicyclic) bond motifs is 5. The lowest BCUT2D eigenvalue weighted by molar-refractivity contribution is -0.0243. The molecule has 2 heterocycles. The van der Waals surface area contributed by atoms with Crippen molar-refractivity contribution in [2.24, 2.45) is 0 Å². The van der Waals surface area contributed by atoms with E-state index in [9.17, 15) is 9.90 Å². The second-order valence-corrected chi connectivity index (χ2v) is 9.01. The van der Waals surface area contributed by atoms with Crippen molar-refractivity contribution in [2.75, 3.05) is 6.61 Å². The molecule has 0 aromatic heterocycles. The van der Waals surface area contributed by atoms with Gasteiger partial charge >= 0.3 is 6.09 Å². The van der Waals surface area contributed by atoms with E-state index in [1.54, 1.807) is 0 Å². The summed E-state index contributed by atoms with van der Waals surface area (Å²) >= 11 is 0. The quantitative estimate of drug-likeness (QED) is 0.711. The summed E-state index contributed by atoms with van der Waals surface area (Å²) < 4.78 is 5.91. The van der Waals surface area contributed by atoms with Crippen molar-refractivity contribution in [3.63, 3.8) is 0 Å². The number of rotatable bonds is 3. The minimum absolute atomic E-state index is 0.0549. The number of amides is 1. The number of ether oxygens (including phenoxy) is 1. The molecule has 1 aliphatic carbocycles. The lowest BCUT2D eigenvalue weighted by Crippen LogP contribution is -2.53. The number of hydrogen-bond donors (Lipinski definition) is 1. The van der Waals surface area contributed by atoms with Gasteiger partial charge in [-0.05, 0) is 54.5 Å². The van der Waals surface area contributed by atoms with E-state index in [1.807, 2.05) is 24.8 Å². The van der Waals surface area contributed by atoms with Gasteiger partial charge in [0.05, 0.1) is 5.60 Å². The molecule has 4 nitrogen and oxygen atoms in total. The molecule has 2 aromatic carbocycles. The van der Waals surface area contributed by atoms with Crippen LogP contribution in [0.5, 0.6) is 0 Å². The Morgan fingerprint density at radius 1 is 1.07 bits per heavy atom. The fourth-order valence-corrected chi connectivity index (χ4v) is 5.78. The number of carbonyl (C=O) groups excluding carboxylic acids is 1. The topological polar surface area (TPSA) is 49.8 Å². The molecule has 3 aliphatic rings. The molecular weight excluding hydrogens is 374 g/mol. The Bertz CT molecular complexity index is 951. The molecule has 0 spiro atoms. The Balaban J connectivity index is 1.32. The maximum absolute atomic E-state index is 13.1. The zero-order valence-corrected chi connectivity index (χ0v) is 17.7. The Hall–Kier alpha value is -2.59. The van der Waals surface area contributed by atoms with Gasteiger partial charge in [-0.25, -0.2) is 4.79 Å². The van der Waals surface area contributed by atoms with Gasteiger partial charge in [-0.3, -0.25) is 0 Å². The van der Waals surface area contributed by atoms with Crippen LogP contribution >= 0.6 is 0 Å². The van der Waals surface area contributed by atoms with Crippen LogP contribution in [0.3, 0.4) is 0 Å². The maximum atomic E-state index is 13.1. The highest BCUT2D eigenvalue weighted by atomic mass is 16.6. The predicted octanol–water partition coefficient (Wildman–Crippen LogP) is 5.26. The number of benzene rings is 2. The van der Waals surface area contributed by atoms with Crippen LogP contribution in [0, 0.1) is 0 Å². The second kappa shape index (κ2) is 7.28. The van der Waals surface area contributed by atoms with Crippen molar-refractivity contribution < 1.29 is 14.6 Å². The average Bonchev–Trinajstić information content (AvgIpc) is 3.24. The van der Waals surface area contributed by atoms with E-state index in [0.717, 1.165) is 18.4 Å². The molecule has 4 heteroatoms. The first kappa shape index (κ1) is 19.4. The fraction of sp³-hybridized carbons (Fsp3) is 0.423. The SMILES string of the molecule is CC=C(C)C1(O)CC2CCC(C1)N2C(=O)OCC1c2ccccc2-c2ccccc21. The van der Waals surface area contributed by atoms with Crippen molar-refractivity contribution in [1.29, 1.82) is 0 Å². The van der Waals surface area contributed by atoms with E-state index in [0.29, 0.717) is 19.4 Å². The summed E-state index contributed by atoms with van der Waals surface area (Å²) in [6, 6.07) is 16.9. The third kappa shape index (κ3) is 2.97. The van der Waals surface area contributed by atoms with Gasteiger partial charge in [-0.15, -0.1) is 0 Å². The van der Waals surface area contributed by atoms with E-state index in [-0.39, 0.29) is 24.1 Å². The molecule has 0 saturated carbocycles. The van der Waals surface area contributed by atoms with Gasteiger partial charge < -0.3 is 14.7 Å². The van der Waals surface area contributed by atoms with E-state index in [4.69, 9.17) is 4.74 Å². The first-order valence-electron chi connectivity index (χ1n) is 11.0. The van der Waals surface area contributed by atoms with Crippen molar-refractivity contribution in [3.8, 4) is 11.1 Å². The molecule has 2 atom stereocenters. The Morgan fingerprint density at radius 2 is 1.60 bits per heavy atom. The van der Waals surface area contributed by atoms with Crippen LogP contribution in [0.1, 0.15) is 56.6 Å². The zero-order chi connectivity index (χ0) is 20.9. The first-order valence-corrected chi connectivity index (χ1v) is 11.0. The summed E-state index contributed by atoms with van der Waals surface area (Å²) in [5.41, 5.74) is 5.14. The molecule has 30 heavy (non-hydrogen) atoms. The highest BCUT2D eigenvalue weighted by Crippen LogP contribution is 2.46. The van der Waals surface area contributed by atoms with E-state index >= 15 is 0 Å². The van der Waals surface area contributed by atoms with E-state index in [2.05, 4.69) is 48.5 Å². The summed E-state index contributed by atoms with van der Waals surface area (Å²) in [4.78, 5) is 15.0. The monoisotopic (exact) mass is 403 g/mol.